The van der Waals surface area contributed by atoms with Gasteiger partial charge in [0.15, 0.2) is 5.82 Å². The lowest BCUT2D eigenvalue weighted by Crippen LogP contribution is -2.09. The molecule has 0 fully saturated rings. The molecule has 1 aromatic carbocycles. The van der Waals surface area contributed by atoms with Gasteiger partial charge in [-0.1, -0.05) is 18.2 Å². The molecule has 0 spiro atoms. The van der Waals surface area contributed by atoms with E-state index in [2.05, 4.69) is 9.97 Å². The van der Waals surface area contributed by atoms with E-state index in [1.54, 1.807) is 0 Å². The van der Waals surface area contributed by atoms with Gasteiger partial charge in [-0.2, -0.15) is 13.2 Å². The molecule has 2 aromatic rings. The van der Waals surface area contributed by atoms with Crippen LogP contribution in [0.4, 0.5) is 19.0 Å². The van der Waals surface area contributed by atoms with Gasteiger partial charge in [0.2, 0.25) is 0 Å². The quantitative estimate of drug-likeness (QED) is 0.872. The summed E-state index contributed by atoms with van der Waals surface area (Å²) in [5.74, 6) is 0.343. The third-order valence-electron chi connectivity index (χ3n) is 3.44. The summed E-state index contributed by atoms with van der Waals surface area (Å²) in [5, 5.41) is 0. The molecule has 1 aromatic heterocycles. The average Bonchev–Trinajstić information content (AvgIpc) is 2.86. The zero-order valence-corrected chi connectivity index (χ0v) is 10.5. The Hall–Kier alpha value is -2.11. The Morgan fingerprint density at radius 2 is 1.80 bits per heavy atom. The van der Waals surface area contributed by atoms with Crippen LogP contribution in [-0.4, -0.2) is 9.97 Å². The van der Waals surface area contributed by atoms with Crippen LogP contribution in [0.3, 0.4) is 0 Å². The second kappa shape index (κ2) is 4.47. The molecule has 0 atom stereocenters. The zero-order chi connectivity index (χ0) is 14.3. The molecule has 0 bridgehead atoms. The summed E-state index contributed by atoms with van der Waals surface area (Å²) in [4.78, 5) is 8.32. The van der Waals surface area contributed by atoms with Crippen LogP contribution in [0.25, 0.3) is 11.4 Å². The number of alkyl halides is 3. The van der Waals surface area contributed by atoms with Gasteiger partial charge in [-0.3, -0.25) is 0 Å². The summed E-state index contributed by atoms with van der Waals surface area (Å²) in [6, 6.07) is 5.29. The van der Waals surface area contributed by atoms with E-state index in [0.29, 0.717) is 5.82 Å². The maximum Gasteiger partial charge on any atom is 0.417 e. The van der Waals surface area contributed by atoms with Crippen molar-refractivity contribution in [3.05, 3.63) is 41.1 Å². The smallest absolute Gasteiger partial charge is 0.383 e. The van der Waals surface area contributed by atoms with Gasteiger partial charge >= 0.3 is 6.18 Å². The summed E-state index contributed by atoms with van der Waals surface area (Å²) in [5.41, 5.74) is 6.71. The van der Waals surface area contributed by atoms with Gasteiger partial charge in [-0.25, -0.2) is 9.97 Å². The highest BCUT2D eigenvalue weighted by Crippen LogP contribution is 2.37. The molecule has 0 radical (unpaired) electrons. The summed E-state index contributed by atoms with van der Waals surface area (Å²) in [6.07, 6.45) is -1.99. The molecule has 0 unspecified atom stereocenters. The number of aromatic nitrogens is 2. The van der Waals surface area contributed by atoms with Crippen molar-refractivity contribution in [3.8, 4) is 11.4 Å². The van der Waals surface area contributed by atoms with E-state index < -0.39 is 11.7 Å². The number of halogens is 3. The van der Waals surface area contributed by atoms with Crippen molar-refractivity contribution in [1.82, 2.24) is 9.97 Å². The average molecular weight is 279 g/mol. The molecule has 3 nitrogen and oxygen atoms in total. The van der Waals surface area contributed by atoms with Crippen LogP contribution in [0.15, 0.2) is 24.3 Å². The number of nitrogen functional groups attached to an aromatic ring is 1. The third-order valence-corrected chi connectivity index (χ3v) is 3.44. The highest BCUT2D eigenvalue weighted by atomic mass is 19.4. The first-order valence-corrected chi connectivity index (χ1v) is 6.28. The fourth-order valence-corrected chi connectivity index (χ4v) is 2.51. The van der Waals surface area contributed by atoms with Crippen molar-refractivity contribution in [3.63, 3.8) is 0 Å². The molecular weight excluding hydrogens is 267 g/mol. The lowest BCUT2D eigenvalue weighted by Gasteiger charge is -2.13. The molecule has 3 rings (SSSR count). The molecule has 2 N–H and O–H groups in total. The van der Waals surface area contributed by atoms with Gasteiger partial charge in [0, 0.05) is 16.8 Å². The van der Waals surface area contributed by atoms with E-state index in [9.17, 15) is 13.2 Å². The van der Waals surface area contributed by atoms with E-state index >= 15 is 0 Å². The summed E-state index contributed by atoms with van der Waals surface area (Å²) < 4.78 is 39.1. The van der Waals surface area contributed by atoms with Crippen molar-refractivity contribution >= 4 is 5.82 Å². The minimum absolute atomic E-state index is 0.0265. The molecule has 0 saturated heterocycles. The van der Waals surface area contributed by atoms with E-state index in [0.717, 1.165) is 36.6 Å². The predicted octanol–water partition coefficient (Wildman–Crippen LogP) is 3.23. The van der Waals surface area contributed by atoms with Crippen LogP contribution in [0.1, 0.15) is 23.2 Å². The number of aryl methyl sites for hydroxylation is 1. The highest BCUT2D eigenvalue weighted by molar-refractivity contribution is 5.64. The largest absolute Gasteiger partial charge is 0.417 e. The number of rotatable bonds is 1. The predicted molar refractivity (Wildman–Crippen MR) is 68.9 cm³/mol. The Morgan fingerprint density at radius 1 is 1.05 bits per heavy atom. The summed E-state index contributed by atoms with van der Waals surface area (Å²) in [7, 11) is 0. The molecular formula is C14H12F3N3. The Balaban J connectivity index is 2.18. The van der Waals surface area contributed by atoms with E-state index in [1.807, 2.05) is 0 Å². The second-order valence-corrected chi connectivity index (χ2v) is 4.75. The van der Waals surface area contributed by atoms with Crippen molar-refractivity contribution in [1.29, 1.82) is 0 Å². The molecule has 1 heterocycles. The standard InChI is InChI=1S/C14H12F3N3/c15-14(16,17)10-6-2-1-4-8(10)13-19-11-7-3-5-9(11)12(18)20-13/h1-2,4,6H,3,5,7H2,(H2,18,19,20). The van der Waals surface area contributed by atoms with Gasteiger partial charge in [0.25, 0.3) is 0 Å². The Labute approximate surface area is 113 Å². The van der Waals surface area contributed by atoms with Gasteiger partial charge < -0.3 is 5.73 Å². The van der Waals surface area contributed by atoms with Gasteiger partial charge in [0.05, 0.1) is 5.56 Å². The first kappa shape index (κ1) is 12.9. The van der Waals surface area contributed by atoms with Crippen molar-refractivity contribution in [2.45, 2.75) is 25.4 Å². The number of nitrogens with two attached hydrogens (primary N) is 1. The minimum Gasteiger partial charge on any atom is -0.383 e. The number of benzene rings is 1. The maximum atomic E-state index is 13.0. The molecule has 1 aliphatic carbocycles. The maximum absolute atomic E-state index is 13.0. The molecule has 0 amide bonds. The Kier molecular flexibility index (Phi) is 2.88. The monoisotopic (exact) mass is 279 g/mol. The zero-order valence-electron chi connectivity index (χ0n) is 10.5. The molecule has 0 aliphatic heterocycles. The third kappa shape index (κ3) is 2.11. The second-order valence-electron chi connectivity index (χ2n) is 4.75. The molecule has 104 valence electrons. The van der Waals surface area contributed by atoms with E-state index in [-0.39, 0.29) is 11.4 Å². The normalized spacial score (nSPS) is 14.3. The molecule has 0 saturated carbocycles. The van der Waals surface area contributed by atoms with Gasteiger partial charge in [-0.15, -0.1) is 0 Å². The van der Waals surface area contributed by atoms with Crippen LogP contribution in [0.5, 0.6) is 0 Å². The van der Waals surface area contributed by atoms with Gasteiger partial charge in [-0.05, 0) is 25.3 Å². The van der Waals surface area contributed by atoms with Crippen LogP contribution in [0.2, 0.25) is 0 Å². The van der Waals surface area contributed by atoms with Crippen LogP contribution in [-0.2, 0) is 19.0 Å². The van der Waals surface area contributed by atoms with Crippen molar-refractivity contribution in [2.75, 3.05) is 5.73 Å². The lowest BCUT2D eigenvalue weighted by molar-refractivity contribution is -0.137. The first-order chi connectivity index (χ1) is 9.47. The summed E-state index contributed by atoms with van der Waals surface area (Å²) >= 11 is 0. The van der Waals surface area contributed by atoms with Gasteiger partial charge in [0.1, 0.15) is 5.82 Å². The number of nitrogens with zero attached hydrogens (tertiary/aromatic N) is 2. The molecule has 1 aliphatic rings. The van der Waals surface area contributed by atoms with Crippen molar-refractivity contribution in [2.24, 2.45) is 0 Å². The SMILES string of the molecule is Nc1nc(-c2ccccc2C(F)(F)F)nc2c1CCC2. The van der Waals surface area contributed by atoms with Crippen LogP contribution < -0.4 is 5.73 Å². The van der Waals surface area contributed by atoms with E-state index in [1.165, 1.54) is 18.2 Å². The fourth-order valence-electron chi connectivity index (χ4n) is 2.51. The van der Waals surface area contributed by atoms with Crippen LogP contribution >= 0.6 is 0 Å². The molecule has 20 heavy (non-hydrogen) atoms. The first-order valence-electron chi connectivity index (χ1n) is 6.28. The number of fused-ring (bicyclic) bond motifs is 1. The number of hydrogen-bond donors (Lipinski definition) is 1. The topological polar surface area (TPSA) is 51.8 Å². The Bertz CT molecular complexity index is 665. The Morgan fingerprint density at radius 3 is 2.55 bits per heavy atom. The highest BCUT2D eigenvalue weighted by Gasteiger charge is 2.34. The van der Waals surface area contributed by atoms with Crippen LogP contribution in [0, 0.1) is 0 Å². The molecule has 6 heteroatoms. The number of anilines is 1. The van der Waals surface area contributed by atoms with E-state index in [4.69, 9.17) is 5.73 Å². The summed E-state index contributed by atoms with van der Waals surface area (Å²) in [6.45, 7) is 0. The fraction of sp³-hybridized carbons (Fsp3) is 0.286. The lowest BCUT2D eigenvalue weighted by atomic mass is 10.1. The van der Waals surface area contributed by atoms with Crippen molar-refractivity contribution < 1.29 is 13.2 Å². The number of hydrogen-bond acceptors (Lipinski definition) is 3. The minimum atomic E-state index is -4.44.